The van der Waals surface area contributed by atoms with Gasteiger partial charge < -0.3 is 14.8 Å². The van der Waals surface area contributed by atoms with E-state index in [-0.39, 0.29) is 0 Å². The van der Waals surface area contributed by atoms with Crippen LogP contribution in [0.5, 0.6) is 5.75 Å². The van der Waals surface area contributed by atoms with Crippen LogP contribution in [0, 0.1) is 19.8 Å². The summed E-state index contributed by atoms with van der Waals surface area (Å²) in [4.78, 5) is 4.60. The number of nitrogens with zero attached hydrogens (tertiary/aromatic N) is 1. The molecule has 4 nitrogen and oxygen atoms in total. The van der Waals surface area contributed by atoms with E-state index in [0.29, 0.717) is 18.1 Å². The largest absolute Gasteiger partial charge is 0.496 e. The molecule has 1 aliphatic rings. The second-order valence-electron chi connectivity index (χ2n) is 5.79. The molecule has 0 aliphatic carbocycles. The van der Waals surface area contributed by atoms with Gasteiger partial charge in [-0.1, -0.05) is 0 Å². The highest BCUT2D eigenvalue weighted by molar-refractivity contribution is 5.41. The second-order valence-corrected chi connectivity index (χ2v) is 5.79. The first-order valence-electron chi connectivity index (χ1n) is 7.34. The summed E-state index contributed by atoms with van der Waals surface area (Å²) in [6, 6.07) is 0.401. The Hall–Kier alpha value is -1.13. The van der Waals surface area contributed by atoms with Crippen molar-refractivity contribution in [3.05, 3.63) is 23.0 Å². The Bertz CT molecular complexity index is 462. The molecule has 1 saturated heterocycles. The van der Waals surface area contributed by atoms with Crippen LogP contribution in [0.25, 0.3) is 0 Å². The van der Waals surface area contributed by atoms with Crippen LogP contribution < -0.4 is 10.1 Å². The van der Waals surface area contributed by atoms with E-state index < -0.39 is 0 Å². The lowest BCUT2D eigenvalue weighted by Gasteiger charge is -2.23. The molecular formula is C16H26N2O2. The molecular weight excluding hydrogens is 252 g/mol. The Labute approximate surface area is 121 Å². The number of aromatic nitrogens is 1. The molecule has 3 atom stereocenters. The van der Waals surface area contributed by atoms with Gasteiger partial charge in [-0.05, 0) is 34.2 Å². The van der Waals surface area contributed by atoms with Gasteiger partial charge in [0.2, 0.25) is 0 Å². The van der Waals surface area contributed by atoms with Crippen LogP contribution in [0.3, 0.4) is 0 Å². The maximum Gasteiger partial charge on any atom is 0.128 e. The summed E-state index contributed by atoms with van der Waals surface area (Å²) in [6.45, 7) is 7.11. The van der Waals surface area contributed by atoms with E-state index in [1.54, 1.807) is 7.11 Å². The van der Waals surface area contributed by atoms with Crippen LogP contribution in [-0.4, -0.2) is 37.9 Å². The minimum absolute atomic E-state index is 0.373. The molecule has 112 valence electrons. The highest BCUT2D eigenvalue weighted by atomic mass is 16.5. The van der Waals surface area contributed by atoms with Crippen molar-refractivity contribution in [1.29, 1.82) is 0 Å². The number of likely N-dealkylation sites (N-methyl/N-ethyl adjacent to an activating group) is 1. The molecule has 2 heterocycles. The van der Waals surface area contributed by atoms with E-state index in [2.05, 4.69) is 24.1 Å². The van der Waals surface area contributed by atoms with Crippen molar-refractivity contribution in [1.82, 2.24) is 10.3 Å². The fourth-order valence-corrected chi connectivity index (χ4v) is 3.12. The summed E-state index contributed by atoms with van der Waals surface area (Å²) in [5, 5.41) is 3.43. The van der Waals surface area contributed by atoms with E-state index in [1.807, 2.05) is 20.2 Å². The summed E-state index contributed by atoms with van der Waals surface area (Å²) < 4.78 is 11.2. The van der Waals surface area contributed by atoms with Gasteiger partial charge in [0.25, 0.3) is 0 Å². The molecule has 3 unspecified atom stereocenters. The first kappa shape index (κ1) is 15.3. The van der Waals surface area contributed by atoms with Crippen molar-refractivity contribution in [2.24, 2.45) is 5.92 Å². The van der Waals surface area contributed by atoms with Gasteiger partial charge in [-0.25, -0.2) is 0 Å². The average molecular weight is 278 g/mol. The molecule has 0 amide bonds. The maximum absolute atomic E-state index is 5.70. The normalized spacial score (nSPS) is 23.9. The van der Waals surface area contributed by atoms with E-state index in [0.717, 1.165) is 42.0 Å². The van der Waals surface area contributed by atoms with Crippen molar-refractivity contribution >= 4 is 0 Å². The topological polar surface area (TPSA) is 43.4 Å². The zero-order valence-corrected chi connectivity index (χ0v) is 13.2. The van der Waals surface area contributed by atoms with Gasteiger partial charge in [0.05, 0.1) is 19.8 Å². The van der Waals surface area contributed by atoms with Gasteiger partial charge in [-0.15, -0.1) is 0 Å². The summed E-state index contributed by atoms with van der Waals surface area (Å²) in [6.07, 6.45) is 4.31. The van der Waals surface area contributed by atoms with E-state index >= 15 is 0 Å². The monoisotopic (exact) mass is 278 g/mol. The third-order valence-electron chi connectivity index (χ3n) is 4.33. The standard InChI is InChI=1S/C16H26N2O2/c1-10-8-18-14(12(3)16(10)19-5)7-15(17-4)13-6-11(2)20-9-13/h8,11,13,15,17H,6-7,9H2,1-5H3. The van der Waals surface area contributed by atoms with E-state index in [9.17, 15) is 0 Å². The number of ether oxygens (including phenoxy) is 2. The third-order valence-corrected chi connectivity index (χ3v) is 4.33. The fraction of sp³-hybridized carbons (Fsp3) is 0.688. The highest BCUT2D eigenvalue weighted by Gasteiger charge is 2.29. The lowest BCUT2D eigenvalue weighted by molar-refractivity contribution is 0.117. The Morgan fingerprint density at radius 1 is 1.50 bits per heavy atom. The number of pyridine rings is 1. The number of rotatable bonds is 5. The zero-order chi connectivity index (χ0) is 14.7. The van der Waals surface area contributed by atoms with Crippen LogP contribution in [0.4, 0.5) is 0 Å². The molecule has 1 N–H and O–H groups in total. The second kappa shape index (κ2) is 6.55. The van der Waals surface area contributed by atoms with Crippen LogP contribution in [0.15, 0.2) is 6.20 Å². The number of aryl methyl sites for hydroxylation is 1. The van der Waals surface area contributed by atoms with E-state index in [4.69, 9.17) is 9.47 Å². The quantitative estimate of drug-likeness (QED) is 0.897. The summed E-state index contributed by atoms with van der Waals surface area (Å²) in [5.74, 6) is 1.52. The molecule has 1 aliphatic heterocycles. The average Bonchev–Trinajstić information content (AvgIpc) is 2.85. The molecule has 0 aromatic carbocycles. The number of nitrogens with one attached hydrogen (secondary N) is 1. The van der Waals surface area contributed by atoms with Crippen LogP contribution in [0.1, 0.15) is 30.2 Å². The minimum atomic E-state index is 0.373. The molecule has 2 rings (SSSR count). The summed E-state index contributed by atoms with van der Waals surface area (Å²) in [5.41, 5.74) is 3.36. The van der Waals surface area contributed by atoms with Gasteiger partial charge >= 0.3 is 0 Å². The van der Waals surface area contributed by atoms with Crippen molar-refractivity contribution in [3.63, 3.8) is 0 Å². The molecule has 0 saturated carbocycles. The molecule has 0 spiro atoms. The molecule has 1 aromatic heterocycles. The van der Waals surface area contributed by atoms with Gasteiger partial charge in [0.15, 0.2) is 0 Å². The van der Waals surface area contributed by atoms with Gasteiger partial charge in [0.1, 0.15) is 5.75 Å². The van der Waals surface area contributed by atoms with E-state index in [1.165, 1.54) is 0 Å². The first-order chi connectivity index (χ1) is 9.56. The SMILES string of the molecule is CNC(Cc1ncc(C)c(OC)c1C)C1COC(C)C1. The molecule has 1 aromatic rings. The summed E-state index contributed by atoms with van der Waals surface area (Å²) >= 11 is 0. The molecule has 20 heavy (non-hydrogen) atoms. The minimum Gasteiger partial charge on any atom is -0.496 e. The van der Waals surface area contributed by atoms with Crippen LogP contribution in [0.2, 0.25) is 0 Å². The number of hydrogen-bond donors (Lipinski definition) is 1. The third kappa shape index (κ3) is 3.13. The van der Waals surface area contributed by atoms with Crippen molar-refractivity contribution in [2.45, 2.75) is 45.8 Å². The number of hydrogen-bond acceptors (Lipinski definition) is 4. The lowest BCUT2D eigenvalue weighted by Crippen LogP contribution is -2.36. The first-order valence-corrected chi connectivity index (χ1v) is 7.34. The lowest BCUT2D eigenvalue weighted by atomic mass is 9.92. The fourth-order valence-electron chi connectivity index (χ4n) is 3.12. The zero-order valence-electron chi connectivity index (χ0n) is 13.2. The molecule has 0 radical (unpaired) electrons. The van der Waals surface area contributed by atoms with Crippen LogP contribution >= 0.6 is 0 Å². The Kier molecular flexibility index (Phi) is 5.00. The Morgan fingerprint density at radius 3 is 2.80 bits per heavy atom. The molecule has 4 heteroatoms. The maximum atomic E-state index is 5.70. The van der Waals surface area contributed by atoms with Crippen molar-refractivity contribution in [2.75, 3.05) is 20.8 Å². The predicted molar refractivity (Wildman–Crippen MR) is 80.3 cm³/mol. The van der Waals surface area contributed by atoms with Gasteiger partial charge in [0, 0.05) is 41.4 Å². The smallest absolute Gasteiger partial charge is 0.128 e. The van der Waals surface area contributed by atoms with Crippen LogP contribution in [-0.2, 0) is 11.2 Å². The van der Waals surface area contributed by atoms with Crippen molar-refractivity contribution in [3.8, 4) is 5.75 Å². The Morgan fingerprint density at radius 2 is 2.25 bits per heavy atom. The number of methoxy groups -OCH3 is 1. The summed E-state index contributed by atoms with van der Waals surface area (Å²) in [7, 11) is 3.75. The predicted octanol–water partition coefficient (Wildman–Crippen LogP) is 2.26. The molecule has 1 fully saturated rings. The van der Waals surface area contributed by atoms with Crippen molar-refractivity contribution < 1.29 is 9.47 Å². The van der Waals surface area contributed by atoms with Gasteiger partial charge in [-0.3, -0.25) is 4.98 Å². The van der Waals surface area contributed by atoms with Gasteiger partial charge in [-0.2, -0.15) is 0 Å². The highest BCUT2D eigenvalue weighted by Crippen LogP contribution is 2.28. The Balaban J connectivity index is 2.15. The molecule has 0 bridgehead atoms.